The van der Waals surface area contributed by atoms with Gasteiger partial charge in [0.05, 0.1) is 16.2 Å². The first-order valence-corrected chi connectivity index (χ1v) is 12.1. The second-order valence-electron chi connectivity index (χ2n) is 7.22. The van der Waals surface area contributed by atoms with Crippen LogP contribution < -0.4 is 29.6 Å². The van der Waals surface area contributed by atoms with Gasteiger partial charge in [0.2, 0.25) is 0 Å². The molecule has 0 spiro atoms. The van der Waals surface area contributed by atoms with Crippen LogP contribution in [-0.2, 0) is 14.9 Å². The van der Waals surface area contributed by atoms with Crippen LogP contribution in [0, 0.1) is 0 Å². The molecule has 0 aromatic carbocycles. The Balaban J connectivity index is 0. The molecule has 26 heavy (non-hydrogen) atoms. The van der Waals surface area contributed by atoms with E-state index in [-0.39, 0.29) is 41.4 Å². The molecule has 0 amide bonds. The zero-order valence-corrected chi connectivity index (χ0v) is 20.5. The van der Waals surface area contributed by atoms with E-state index in [1.165, 1.54) is 70.6 Å². The summed E-state index contributed by atoms with van der Waals surface area (Å²) in [6.45, 7) is 5.11. The van der Waals surface area contributed by atoms with Crippen molar-refractivity contribution >= 4 is 10.1 Å². The number of hydrogen-bond acceptors (Lipinski definition) is 4. The molecule has 0 aromatic rings. The summed E-state index contributed by atoms with van der Waals surface area (Å²) in [6, 6.07) is 0. The van der Waals surface area contributed by atoms with Gasteiger partial charge in [-0.3, -0.25) is 0 Å². The molecule has 0 heterocycles. The number of ether oxygens (including phenoxy) is 1. The zero-order chi connectivity index (χ0) is 18.8. The van der Waals surface area contributed by atoms with Crippen molar-refractivity contribution in [1.29, 1.82) is 0 Å². The molecule has 0 saturated carbocycles. The molecule has 6 heteroatoms. The van der Waals surface area contributed by atoms with Gasteiger partial charge in [-0.2, -0.15) is 0 Å². The fraction of sp³-hybridized carbons (Fsp3) is 1.00. The van der Waals surface area contributed by atoms with Crippen LogP contribution >= 0.6 is 0 Å². The molecule has 1 atom stereocenters. The minimum atomic E-state index is -4.14. The summed E-state index contributed by atoms with van der Waals surface area (Å²) in [5.41, 5.74) is 0. The van der Waals surface area contributed by atoms with E-state index in [0.717, 1.165) is 19.3 Å². The van der Waals surface area contributed by atoms with Gasteiger partial charge in [-0.1, -0.05) is 90.9 Å². The van der Waals surface area contributed by atoms with E-state index < -0.39 is 10.1 Å². The van der Waals surface area contributed by atoms with Crippen LogP contribution in [-0.4, -0.2) is 31.4 Å². The van der Waals surface area contributed by atoms with E-state index in [1.807, 2.05) is 0 Å². The molecule has 0 radical (unpaired) electrons. The third-order valence-corrected chi connectivity index (χ3v) is 5.41. The van der Waals surface area contributed by atoms with Gasteiger partial charge in [0, 0.05) is 12.4 Å². The molecular formula is C20H41NaO4S. The van der Waals surface area contributed by atoms with E-state index in [2.05, 4.69) is 13.8 Å². The molecule has 0 aliphatic rings. The SMILES string of the molecule is CCCCCCCCCC(CCS(=O)(=O)[O-])OCCCCCCCC.[Na+]. The Labute approximate surface area is 185 Å². The topological polar surface area (TPSA) is 66.4 Å². The van der Waals surface area contributed by atoms with Gasteiger partial charge in [0.25, 0.3) is 0 Å². The average molecular weight is 401 g/mol. The van der Waals surface area contributed by atoms with Crippen molar-refractivity contribution in [1.82, 2.24) is 0 Å². The normalized spacial score (nSPS) is 12.7. The summed E-state index contributed by atoms with van der Waals surface area (Å²) >= 11 is 0. The van der Waals surface area contributed by atoms with Crippen molar-refractivity contribution in [2.45, 2.75) is 116 Å². The predicted octanol–water partition coefficient (Wildman–Crippen LogP) is 2.81. The fourth-order valence-corrected chi connectivity index (χ4v) is 3.60. The fourth-order valence-electron chi connectivity index (χ4n) is 3.05. The van der Waals surface area contributed by atoms with Crippen LogP contribution in [0.3, 0.4) is 0 Å². The van der Waals surface area contributed by atoms with Crippen LogP contribution in [0.2, 0.25) is 0 Å². The standard InChI is InChI=1S/C20H42O4S.Na/c1-3-5-7-9-11-12-14-16-20(17-19-25(21,22)23)24-18-15-13-10-8-6-4-2;/h20H,3-19H2,1-2H3,(H,21,22,23);/q;+1/p-1. The Morgan fingerprint density at radius 1 is 0.731 bits per heavy atom. The van der Waals surface area contributed by atoms with Gasteiger partial charge in [-0.05, 0) is 19.3 Å². The van der Waals surface area contributed by atoms with Gasteiger partial charge in [0.15, 0.2) is 0 Å². The van der Waals surface area contributed by atoms with E-state index in [4.69, 9.17) is 4.74 Å². The van der Waals surface area contributed by atoms with E-state index >= 15 is 0 Å². The molecule has 0 aliphatic carbocycles. The second-order valence-corrected chi connectivity index (χ2v) is 8.74. The Morgan fingerprint density at radius 2 is 1.19 bits per heavy atom. The first-order valence-electron chi connectivity index (χ1n) is 10.5. The molecule has 0 aromatic heterocycles. The zero-order valence-electron chi connectivity index (χ0n) is 17.6. The third-order valence-electron chi connectivity index (χ3n) is 4.67. The van der Waals surface area contributed by atoms with Crippen molar-refractivity contribution in [3.63, 3.8) is 0 Å². The van der Waals surface area contributed by atoms with E-state index in [1.54, 1.807) is 0 Å². The monoisotopic (exact) mass is 400 g/mol. The predicted molar refractivity (Wildman–Crippen MR) is 105 cm³/mol. The van der Waals surface area contributed by atoms with Crippen LogP contribution in [0.25, 0.3) is 0 Å². The van der Waals surface area contributed by atoms with Crippen LogP contribution in [0.1, 0.15) is 110 Å². The molecular weight excluding hydrogens is 359 g/mol. The minimum Gasteiger partial charge on any atom is -0.748 e. The molecule has 0 N–H and O–H groups in total. The van der Waals surface area contributed by atoms with Gasteiger partial charge in [-0.25, -0.2) is 8.42 Å². The summed E-state index contributed by atoms with van der Waals surface area (Å²) in [5, 5.41) is 0. The first kappa shape index (κ1) is 29.1. The van der Waals surface area contributed by atoms with Gasteiger partial charge in [0.1, 0.15) is 0 Å². The molecule has 0 rings (SSSR count). The average Bonchev–Trinajstić information content (AvgIpc) is 2.56. The van der Waals surface area contributed by atoms with E-state index in [9.17, 15) is 13.0 Å². The maximum Gasteiger partial charge on any atom is 1.00 e. The van der Waals surface area contributed by atoms with Crippen LogP contribution in [0.5, 0.6) is 0 Å². The summed E-state index contributed by atoms with van der Waals surface area (Å²) in [7, 11) is -4.14. The summed E-state index contributed by atoms with van der Waals surface area (Å²) in [5.74, 6) is -0.301. The Hall–Kier alpha value is 0.870. The molecule has 0 fully saturated rings. The minimum absolute atomic E-state index is 0. The number of unbranched alkanes of at least 4 members (excludes halogenated alkanes) is 11. The first-order chi connectivity index (χ1) is 12.0. The Bertz CT molecular complexity index is 356. The Kier molecular flexibility index (Phi) is 23.0. The van der Waals surface area contributed by atoms with Gasteiger partial charge >= 0.3 is 29.6 Å². The number of hydrogen-bond donors (Lipinski definition) is 0. The summed E-state index contributed by atoms with van der Waals surface area (Å²) in [4.78, 5) is 0. The molecule has 152 valence electrons. The quantitative estimate of drug-likeness (QED) is 0.190. The van der Waals surface area contributed by atoms with Crippen molar-refractivity contribution in [3.8, 4) is 0 Å². The Morgan fingerprint density at radius 3 is 1.69 bits per heavy atom. The van der Waals surface area contributed by atoms with Gasteiger partial charge < -0.3 is 9.29 Å². The van der Waals surface area contributed by atoms with Crippen molar-refractivity contribution in [3.05, 3.63) is 0 Å². The van der Waals surface area contributed by atoms with Crippen LogP contribution in [0.4, 0.5) is 0 Å². The molecule has 0 aliphatic heterocycles. The largest absolute Gasteiger partial charge is 1.00 e. The summed E-state index contributed by atoms with van der Waals surface area (Å²) in [6.07, 6.45) is 17.1. The van der Waals surface area contributed by atoms with E-state index in [0.29, 0.717) is 13.0 Å². The molecule has 4 nitrogen and oxygen atoms in total. The smallest absolute Gasteiger partial charge is 0.748 e. The van der Waals surface area contributed by atoms with Crippen LogP contribution in [0.15, 0.2) is 0 Å². The molecule has 1 unspecified atom stereocenters. The number of rotatable bonds is 19. The molecule has 0 bridgehead atoms. The maximum absolute atomic E-state index is 10.9. The summed E-state index contributed by atoms with van der Waals surface area (Å²) < 4.78 is 38.5. The van der Waals surface area contributed by atoms with Crippen molar-refractivity contribution < 1.29 is 47.3 Å². The maximum atomic E-state index is 10.9. The second kappa shape index (κ2) is 20.6. The van der Waals surface area contributed by atoms with Gasteiger partial charge in [-0.15, -0.1) is 0 Å². The third kappa shape index (κ3) is 22.9. The van der Waals surface area contributed by atoms with Crippen molar-refractivity contribution in [2.75, 3.05) is 12.4 Å². The molecule has 0 saturated heterocycles. The van der Waals surface area contributed by atoms with Crippen molar-refractivity contribution in [2.24, 2.45) is 0 Å².